The van der Waals surface area contributed by atoms with Crippen molar-refractivity contribution in [3.8, 4) is 5.75 Å². The molecule has 2 aromatic rings. The van der Waals surface area contributed by atoms with Crippen LogP contribution >= 0.6 is 23.2 Å². The molecule has 0 saturated carbocycles. The maximum Gasteiger partial charge on any atom is 0.141 e. The van der Waals surface area contributed by atoms with Gasteiger partial charge in [-0.05, 0) is 31.2 Å². The van der Waals surface area contributed by atoms with Gasteiger partial charge in [0.1, 0.15) is 12.4 Å². The fourth-order valence-corrected chi connectivity index (χ4v) is 1.95. The molecule has 0 bridgehead atoms. The van der Waals surface area contributed by atoms with Crippen molar-refractivity contribution >= 4 is 23.2 Å². The zero-order valence-electron chi connectivity index (χ0n) is 9.28. The number of pyridine rings is 1. The smallest absolute Gasteiger partial charge is 0.141 e. The molecule has 2 nitrogen and oxygen atoms in total. The summed E-state index contributed by atoms with van der Waals surface area (Å²) >= 11 is 12.1. The fourth-order valence-electron chi connectivity index (χ4n) is 1.44. The lowest BCUT2D eigenvalue weighted by Gasteiger charge is -2.10. The van der Waals surface area contributed by atoms with Crippen LogP contribution in [0.4, 0.5) is 0 Å². The molecule has 2 rings (SSSR count). The van der Waals surface area contributed by atoms with E-state index in [0.717, 1.165) is 17.0 Å². The molecule has 0 unspecified atom stereocenters. The van der Waals surface area contributed by atoms with E-state index in [-0.39, 0.29) is 0 Å². The molecule has 0 saturated heterocycles. The van der Waals surface area contributed by atoms with Gasteiger partial charge in [0.05, 0.1) is 5.69 Å². The normalized spacial score (nSPS) is 10.3. The van der Waals surface area contributed by atoms with Crippen molar-refractivity contribution in [2.75, 3.05) is 0 Å². The van der Waals surface area contributed by atoms with Crippen LogP contribution in [0.3, 0.4) is 0 Å². The molecule has 0 spiro atoms. The van der Waals surface area contributed by atoms with Gasteiger partial charge in [-0.15, -0.1) is 0 Å². The number of hydrogen-bond acceptors (Lipinski definition) is 2. The molecule has 17 heavy (non-hydrogen) atoms. The van der Waals surface area contributed by atoms with Crippen LogP contribution in [-0.2, 0) is 6.61 Å². The molecule has 1 aromatic heterocycles. The predicted molar refractivity (Wildman–Crippen MR) is 69.8 cm³/mol. The zero-order valence-corrected chi connectivity index (χ0v) is 10.8. The Balaban J connectivity index is 2.16. The fraction of sp³-hybridized carbons (Fsp3) is 0.154. The van der Waals surface area contributed by atoms with E-state index in [9.17, 15) is 0 Å². The summed E-state index contributed by atoms with van der Waals surface area (Å²) in [6.45, 7) is 2.23. The lowest BCUT2D eigenvalue weighted by Crippen LogP contribution is -1.99. The quantitative estimate of drug-likeness (QED) is 0.829. The number of ether oxygens (including phenoxy) is 1. The Morgan fingerprint density at radius 1 is 1.12 bits per heavy atom. The summed E-state index contributed by atoms with van der Waals surface area (Å²) in [5.41, 5.74) is 1.63. The summed E-state index contributed by atoms with van der Waals surface area (Å²) in [4.78, 5) is 4.15. The van der Waals surface area contributed by atoms with Crippen LogP contribution in [0.15, 0.2) is 36.5 Å². The van der Waals surface area contributed by atoms with Crippen molar-refractivity contribution in [3.63, 3.8) is 0 Å². The first-order valence-electron chi connectivity index (χ1n) is 5.16. The van der Waals surface area contributed by atoms with Gasteiger partial charge in [0.25, 0.3) is 0 Å². The second kappa shape index (κ2) is 5.39. The highest BCUT2D eigenvalue weighted by Crippen LogP contribution is 2.26. The molecular weight excluding hydrogens is 257 g/mol. The van der Waals surface area contributed by atoms with E-state index in [1.54, 1.807) is 18.3 Å². The molecule has 0 amide bonds. The molecule has 0 aliphatic carbocycles. The van der Waals surface area contributed by atoms with Crippen LogP contribution in [0.25, 0.3) is 0 Å². The number of aryl methyl sites for hydroxylation is 1. The zero-order chi connectivity index (χ0) is 12.3. The van der Waals surface area contributed by atoms with Gasteiger partial charge in [-0.1, -0.05) is 29.3 Å². The lowest BCUT2D eigenvalue weighted by atomic mass is 10.2. The molecule has 0 radical (unpaired) electrons. The first-order chi connectivity index (χ1) is 8.18. The average molecular weight is 268 g/mol. The molecule has 1 aromatic carbocycles. The van der Waals surface area contributed by atoms with Gasteiger partial charge in [0.2, 0.25) is 0 Å². The largest absolute Gasteiger partial charge is 0.487 e. The Hall–Kier alpha value is -1.25. The topological polar surface area (TPSA) is 22.1 Å². The Bertz CT molecular complexity index is 508. The first kappa shape index (κ1) is 12.2. The van der Waals surface area contributed by atoms with Gasteiger partial charge in [-0.25, -0.2) is 0 Å². The van der Waals surface area contributed by atoms with E-state index < -0.39 is 0 Å². The number of benzene rings is 1. The Morgan fingerprint density at radius 2 is 1.82 bits per heavy atom. The van der Waals surface area contributed by atoms with Crippen LogP contribution in [0.5, 0.6) is 5.75 Å². The predicted octanol–water partition coefficient (Wildman–Crippen LogP) is 4.28. The van der Waals surface area contributed by atoms with Crippen molar-refractivity contribution in [1.82, 2.24) is 4.98 Å². The molecule has 0 aliphatic rings. The Morgan fingerprint density at radius 3 is 2.47 bits per heavy atom. The average Bonchev–Trinajstić information content (AvgIpc) is 2.30. The molecule has 1 heterocycles. The van der Waals surface area contributed by atoms with Crippen LogP contribution < -0.4 is 4.74 Å². The van der Waals surface area contributed by atoms with E-state index in [0.29, 0.717) is 16.7 Å². The third kappa shape index (κ3) is 2.90. The summed E-state index contributed by atoms with van der Waals surface area (Å²) < 4.78 is 5.65. The summed E-state index contributed by atoms with van der Waals surface area (Å²) in [6, 6.07) is 9.09. The maximum absolute atomic E-state index is 6.06. The Kier molecular flexibility index (Phi) is 3.87. The molecule has 0 fully saturated rings. The number of aromatic nitrogens is 1. The molecule has 0 atom stereocenters. The highest BCUT2D eigenvalue weighted by molar-refractivity contribution is 6.35. The standard InChI is InChI=1S/C13H11Cl2NO/c1-9-13(6-3-7-16-9)17-8-10-11(14)4-2-5-12(10)15/h2-7H,8H2,1H3. The third-order valence-corrected chi connectivity index (χ3v) is 3.10. The van der Waals surface area contributed by atoms with E-state index in [1.807, 2.05) is 25.1 Å². The van der Waals surface area contributed by atoms with E-state index in [1.165, 1.54) is 0 Å². The van der Waals surface area contributed by atoms with E-state index in [4.69, 9.17) is 27.9 Å². The highest BCUT2D eigenvalue weighted by atomic mass is 35.5. The number of nitrogens with zero attached hydrogens (tertiary/aromatic N) is 1. The molecular formula is C13H11Cl2NO. The van der Waals surface area contributed by atoms with E-state index >= 15 is 0 Å². The molecule has 88 valence electrons. The maximum atomic E-state index is 6.06. The van der Waals surface area contributed by atoms with Gasteiger partial charge < -0.3 is 4.74 Å². The second-order valence-corrected chi connectivity index (χ2v) is 4.39. The summed E-state index contributed by atoms with van der Waals surface area (Å²) in [5.74, 6) is 0.739. The third-order valence-electron chi connectivity index (χ3n) is 2.39. The summed E-state index contributed by atoms with van der Waals surface area (Å²) in [7, 11) is 0. The highest BCUT2D eigenvalue weighted by Gasteiger charge is 2.07. The minimum absolute atomic E-state index is 0.338. The summed E-state index contributed by atoms with van der Waals surface area (Å²) in [5, 5.41) is 1.22. The van der Waals surface area contributed by atoms with Crippen molar-refractivity contribution in [3.05, 3.63) is 57.8 Å². The minimum atomic E-state index is 0.338. The first-order valence-corrected chi connectivity index (χ1v) is 5.91. The monoisotopic (exact) mass is 267 g/mol. The number of rotatable bonds is 3. The SMILES string of the molecule is Cc1ncccc1OCc1c(Cl)cccc1Cl. The number of hydrogen-bond donors (Lipinski definition) is 0. The molecule has 0 N–H and O–H groups in total. The Labute approximate surface area is 110 Å². The second-order valence-electron chi connectivity index (χ2n) is 3.58. The van der Waals surface area contributed by atoms with Gasteiger partial charge in [-0.2, -0.15) is 0 Å². The van der Waals surface area contributed by atoms with Crippen LogP contribution in [0, 0.1) is 6.92 Å². The van der Waals surface area contributed by atoms with Crippen LogP contribution in [0.1, 0.15) is 11.3 Å². The van der Waals surface area contributed by atoms with Crippen molar-refractivity contribution in [2.24, 2.45) is 0 Å². The van der Waals surface area contributed by atoms with Gasteiger partial charge in [0.15, 0.2) is 0 Å². The molecule has 4 heteroatoms. The molecule has 0 aliphatic heterocycles. The van der Waals surface area contributed by atoms with Crippen molar-refractivity contribution in [2.45, 2.75) is 13.5 Å². The van der Waals surface area contributed by atoms with Gasteiger partial charge in [0, 0.05) is 21.8 Å². The van der Waals surface area contributed by atoms with Gasteiger partial charge >= 0.3 is 0 Å². The van der Waals surface area contributed by atoms with Gasteiger partial charge in [-0.3, -0.25) is 4.98 Å². The van der Waals surface area contributed by atoms with Crippen LogP contribution in [-0.4, -0.2) is 4.98 Å². The van der Waals surface area contributed by atoms with Crippen LogP contribution in [0.2, 0.25) is 10.0 Å². The van der Waals surface area contributed by atoms with Crippen molar-refractivity contribution in [1.29, 1.82) is 0 Å². The summed E-state index contributed by atoms with van der Waals surface area (Å²) in [6.07, 6.45) is 1.73. The minimum Gasteiger partial charge on any atom is -0.487 e. The van der Waals surface area contributed by atoms with E-state index in [2.05, 4.69) is 4.98 Å². The van der Waals surface area contributed by atoms with Crippen molar-refractivity contribution < 1.29 is 4.74 Å². The number of halogens is 2. The lowest BCUT2D eigenvalue weighted by molar-refractivity contribution is 0.302.